The van der Waals surface area contributed by atoms with Crippen molar-refractivity contribution >= 4 is 6.21 Å². The van der Waals surface area contributed by atoms with E-state index < -0.39 is 18.2 Å². The van der Waals surface area contributed by atoms with Crippen molar-refractivity contribution in [2.24, 2.45) is 0 Å². The minimum atomic E-state index is -0.666. The second-order valence-corrected chi connectivity index (χ2v) is 4.46. The molecule has 2 aliphatic heterocycles. The molecule has 0 aromatic heterocycles. The van der Waals surface area contributed by atoms with Crippen LogP contribution in [-0.2, 0) is 18.9 Å². The van der Waals surface area contributed by atoms with E-state index in [1.54, 1.807) is 7.11 Å². The predicted octanol–water partition coefficient (Wildman–Crippen LogP) is 0.0887. The fraction of sp³-hybridized carbons (Fsp3) is 0.900. The van der Waals surface area contributed by atoms with Gasteiger partial charge in [-0.2, -0.15) is 0 Å². The number of fused-ring (bicyclic) bond motifs is 1. The highest BCUT2D eigenvalue weighted by molar-refractivity contribution is 5.59. The highest BCUT2D eigenvalue weighted by Gasteiger charge is 2.55. The molecule has 4 unspecified atom stereocenters. The first-order valence-electron chi connectivity index (χ1n) is 5.22. The first-order chi connectivity index (χ1) is 7.43. The molecule has 16 heavy (non-hydrogen) atoms. The molecule has 2 aliphatic rings. The lowest BCUT2D eigenvalue weighted by molar-refractivity contribution is -0.421. The number of nitrogens with zero attached hydrogens (tertiary/aromatic N) is 1. The summed E-state index contributed by atoms with van der Waals surface area (Å²) in [6.45, 7) is 3.64. The standard InChI is InChI=1S/C10H17NO5/c1-10(2)15-8-7(13-4)6(5-11(3)12)14-9(8)16-10/h5-9H,1-4H3/b11-5+. The minimum absolute atomic E-state index is 0.291. The van der Waals surface area contributed by atoms with Gasteiger partial charge in [0, 0.05) is 7.11 Å². The maximum atomic E-state index is 11.0. The third kappa shape index (κ3) is 2.06. The average Bonchev–Trinajstić information content (AvgIpc) is 2.54. The molecule has 6 nitrogen and oxygen atoms in total. The topological polar surface area (TPSA) is 63.0 Å². The molecule has 0 radical (unpaired) electrons. The van der Waals surface area contributed by atoms with E-state index in [1.807, 2.05) is 13.8 Å². The summed E-state index contributed by atoms with van der Waals surface area (Å²) in [4.78, 5) is 0. The van der Waals surface area contributed by atoms with Crippen LogP contribution in [0.4, 0.5) is 0 Å². The number of hydrogen-bond donors (Lipinski definition) is 0. The quantitative estimate of drug-likeness (QED) is 0.292. The second-order valence-electron chi connectivity index (χ2n) is 4.46. The number of ether oxygens (including phenoxy) is 4. The summed E-state index contributed by atoms with van der Waals surface area (Å²) in [5.41, 5.74) is 0. The minimum Gasteiger partial charge on any atom is -0.624 e. The Kier molecular flexibility index (Phi) is 2.91. The van der Waals surface area contributed by atoms with E-state index in [1.165, 1.54) is 13.3 Å². The molecule has 4 atom stereocenters. The Bertz CT molecular complexity index is 300. The van der Waals surface area contributed by atoms with Gasteiger partial charge in [-0.05, 0) is 13.8 Å². The van der Waals surface area contributed by atoms with Gasteiger partial charge in [0.2, 0.25) is 0 Å². The Morgan fingerprint density at radius 3 is 2.62 bits per heavy atom. The Balaban J connectivity index is 2.13. The first-order valence-corrected chi connectivity index (χ1v) is 5.22. The number of rotatable bonds is 2. The molecule has 2 fully saturated rings. The Morgan fingerprint density at radius 1 is 1.38 bits per heavy atom. The van der Waals surface area contributed by atoms with E-state index >= 15 is 0 Å². The molecular weight excluding hydrogens is 214 g/mol. The molecular formula is C10H17NO5. The largest absolute Gasteiger partial charge is 0.624 e. The third-order valence-corrected chi connectivity index (χ3v) is 2.66. The molecule has 0 bridgehead atoms. The number of hydroxylamine groups is 1. The van der Waals surface area contributed by atoms with Gasteiger partial charge in [-0.3, -0.25) is 0 Å². The van der Waals surface area contributed by atoms with Crippen LogP contribution < -0.4 is 0 Å². The van der Waals surface area contributed by atoms with Crippen LogP contribution in [0.1, 0.15) is 13.8 Å². The van der Waals surface area contributed by atoms with Crippen LogP contribution in [0, 0.1) is 5.21 Å². The van der Waals surface area contributed by atoms with Crippen molar-refractivity contribution in [1.29, 1.82) is 0 Å². The lowest BCUT2D eigenvalue weighted by Crippen LogP contribution is -2.37. The molecule has 92 valence electrons. The summed E-state index contributed by atoms with van der Waals surface area (Å²) in [6, 6.07) is 0. The van der Waals surface area contributed by atoms with Gasteiger partial charge in [0.05, 0.1) is 0 Å². The van der Waals surface area contributed by atoms with Crippen LogP contribution >= 0.6 is 0 Å². The summed E-state index contributed by atoms with van der Waals surface area (Å²) in [6.07, 6.45) is -0.101. The third-order valence-electron chi connectivity index (χ3n) is 2.66. The summed E-state index contributed by atoms with van der Waals surface area (Å²) in [5, 5.41) is 11.0. The molecule has 6 heteroatoms. The van der Waals surface area contributed by atoms with Gasteiger partial charge in [-0.1, -0.05) is 0 Å². The van der Waals surface area contributed by atoms with Crippen LogP contribution in [0.3, 0.4) is 0 Å². The van der Waals surface area contributed by atoms with Gasteiger partial charge in [-0.15, -0.1) is 0 Å². The molecule has 0 saturated carbocycles. The average molecular weight is 231 g/mol. The lowest BCUT2D eigenvalue weighted by Gasteiger charge is -2.22. The number of methoxy groups -OCH3 is 1. The summed E-state index contributed by atoms with van der Waals surface area (Å²) >= 11 is 0. The summed E-state index contributed by atoms with van der Waals surface area (Å²) < 4.78 is 22.8. The molecule has 0 aliphatic carbocycles. The second kappa shape index (κ2) is 3.96. The van der Waals surface area contributed by atoms with Gasteiger partial charge < -0.3 is 24.2 Å². The van der Waals surface area contributed by atoms with Crippen molar-refractivity contribution in [3.8, 4) is 0 Å². The van der Waals surface area contributed by atoms with Crippen molar-refractivity contribution < 1.29 is 23.7 Å². The zero-order chi connectivity index (χ0) is 11.9. The van der Waals surface area contributed by atoms with Crippen LogP contribution in [0.25, 0.3) is 0 Å². The molecule has 2 heterocycles. The van der Waals surface area contributed by atoms with Gasteiger partial charge in [0.25, 0.3) is 0 Å². The predicted molar refractivity (Wildman–Crippen MR) is 55.1 cm³/mol. The van der Waals surface area contributed by atoms with Crippen LogP contribution in [0.2, 0.25) is 0 Å². The van der Waals surface area contributed by atoms with Crippen LogP contribution in [-0.4, -0.2) is 55.5 Å². The highest BCUT2D eigenvalue weighted by atomic mass is 16.8. The Morgan fingerprint density at radius 2 is 2.06 bits per heavy atom. The van der Waals surface area contributed by atoms with Crippen LogP contribution in [0.5, 0.6) is 0 Å². The lowest BCUT2D eigenvalue weighted by atomic mass is 10.1. The van der Waals surface area contributed by atoms with Crippen LogP contribution in [0.15, 0.2) is 0 Å². The zero-order valence-corrected chi connectivity index (χ0v) is 9.88. The molecule has 0 aromatic carbocycles. The Hall–Kier alpha value is -0.690. The van der Waals surface area contributed by atoms with Gasteiger partial charge in [0.15, 0.2) is 24.4 Å². The smallest absolute Gasteiger partial charge is 0.190 e. The molecule has 2 saturated heterocycles. The molecule has 0 amide bonds. The highest BCUT2D eigenvalue weighted by Crippen LogP contribution is 2.37. The fourth-order valence-corrected chi connectivity index (χ4v) is 2.10. The molecule has 0 aromatic rings. The van der Waals surface area contributed by atoms with E-state index in [4.69, 9.17) is 18.9 Å². The van der Waals surface area contributed by atoms with Crippen molar-refractivity contribution in [2.45, 2.75) is 44.2 Å². The molecule has 0 N–H and O–H groups in total. The summed E-state index contributed by atoms with van der Waals surface area (Å²) in [5.74, 6) is -0.666. The number of hydrogen-bond acceptors (Lipinski definition) is 5. The van der Waals surface area contributed by atoms with Crippen molar-refractivity contribution in [1.82, 2.24) is 0 Å². The van der Waals surface area contributed by atoms with Gasteiger partial charge >= 0.3 is 0 Å². The summed E-state index contributed by atoms with van der Waals surface area (Å²) in [7, 11) is 2.96. The van der Waals surface area contributed by atoms with Gasteiger partial charge in [0.1, 0.15) is 19.3 Å². The zero-order valence-electron chi connectivity index (χ0n) is 9.88. The first kappa shape index (κ1) is 11.8. The Labute approximate surface area is 94.3 Å². The molecule has 0 spiro atoms. The maximum absolute atomic E-state index is 11.0. The van der Waals surface area contributed by atoms with E-state index in [0.29, 0.717) is 4.74 Å². The van der Waals surface area contributed by atoms with E-state index in [-0.39, 0.29) is 12.2 Å². The van der Waals surface area contributed by atoms with Crippen molar-refractivity contribution in [3.05, 3.63) is 5.21 Å². The normalized spacial score (nSPS) is 42.4. The fourth-order valence-electron chi connectivity index (χ4n) is 2.10. The maximum Gasteiger partial charge on any atom is 0.190 e. The van der Waals surface area contributed by atoms with Crippen molar-refractivity contribution in [2.75, 3.05) is 14.2 Å². The van der Waals surface area contributed by atoms with E-state index in [0.717, 1.165) is 0 Å². The monoisotopic (exact) mass is 231 g/mol. The molecule has 2 rings (SSSR count). The van der Waals surface area contributed by atoms with E-state index in [2.05, 4.69) is 0 Å². The van der Waals surface area contributed by atoms with Crippen molar-refractivity contribution in [3.63, 3.8) is 0 Å². The van der Waals surface area contributed by atoms with Gasteiger partial charge in [-0.25, -0.2) is 4.74 Å². The SMILES string of the molecule is COC1C(/C=[N+](\C)[O-])OC2OC(C)(C)OC21. The van der Waals surface area contributed by atoms with E-state index in [9.17, 15) is 5.21 Å².